The molecule has 132 valence electrons. The summed E-state index contributed by atoms with van der Waals surface area (Å²) in [7, 11) is 0. The number of rotatable bonds is 7. The Balaban J connectivity index is 1.71. The van der Waals surface area contributed by atoms with Crippen molar-refractivity contribution >= 4 is 11.9 Å². The fraction of sp³-hybridized carbons (Fsp3) is 0.556. The van der Waals surface area contributed by atoms with Crippen molar-refractivity contribution in [3.05, 3.63) is 29.8 Å². The maximum Gasteiger partial charge on any atom is 0.306 e. The number of aliphatic carboxylic acids is 1. The summed E-state index contributed by atoms with van der Waals surface area (Å²) >= 11 is 0. The summed E-state index contributed by atoms with van der Waals surface area (Å²) in [6, 6.07) is 7.52. The molecule has 3 unspecified atom stereocenters. The molecule has 0 aromatic heterocycles. The van der Waals surface area contributed by atoms with Crippen molar-refractivity contribution in [2.75, 3.05) is 13.2 Å². The van der Waals surface area contributed by atoms with Gasteiger partial charge in [-0.1, -0.05) is 18.6 Å². The first kappa shape index (κ1) is 18.3. The molecule has 6 heteroatoms. The number of ether oxygens (including phenoxy) is 1. The first-order chi connectivity index (χ1) is 11.5. The molecule has 0 aliphatic heterocycles. The van der Waals surface area contributed by atoms with Gasteiger partial charge in [-0.2, -0.15) is 0 Å². The second kappa shape index (κ2) is 8.68. The van der Waals surface area contributed by atoms with Gasteiger partial charge in [-0.3, -0.25) is 9.59 Å². The van der Waals surface area contributed by atoms with Gasteiger partial charge in [0.2, 0.25) is 5.91 Å². The van der Waals surface area contributed by atoms with Gasteiger partial charge in [-0.05, 0) is 43.9 Å². The zero-order valence-corrected chi connectivity index (χ0v) is 13.9. The molecule has 0 radical (unpaired) electrons. The quantitative estimate of drug-likeness (QED) is 0.705. The monoisotopic (exact) mass is 335 g/mol. The predicted octanol–water partition coefficient (Wildman–Crippen LogP) is 1.74. The number of carboxylic acids is 1. The van der Waals surface area contributed by atoms with Gasteiger partial charge in [0.1, 0.15) is 18.5 Å². The Hall–Kier alpha value is -2.08. The van der Waals surface area contributed by atoms with E-state index in [-0.39, 0.29) is 25.0 Å². The van der Waals surface area contributed by atoms with Crippen LogP contribution in [0.3, 0.4) is 0 Å². The minimum Gasteiger partial charge on any atom is -0.491 e. The van der Waals surface area contributed by atoms with Crippen LogP contribution in [-0.2, 0) is 9.59 Å². The standard InChI is InChI=1S/C18H25NO5/c1-12-4-2-7-16(8-12)24-11-15(20)10-19-17(21)13-5-3-6-14(9-13)18(22)23/h2,4,7-8,13-15,20H,3,5-6,9-11H2,1H3,(H,19,21)(H,22,23). The number of carbonyl (C=O) groups is 2. The van der Waals surface area contributed by atoms with Gasteiger partial charge in [0.05, 0.1) is 5.92 Å². The molecule has 6 nitrogen and oxygen atoms in total. The van der Waals surface area contributed by atoms with Crippen molar-refractivity contribution in [1.82, 2.24) is 5.32 Å². The molecule has 24 heavy (non-hydrogen) atoms. The van der Waals surface area contributed by atoms with E-state index in [2.05, 4.69) is 5.32 Å². The van der Waals surface area contributed by atoms with Crippen molar-refractivity contribution in [2.45, 2.75) is 38.7 Å². The van der Waals surface area contributed by atoms with Crippen LogP contribution in [0.25, 0.3) is 0 Å². The van der Waals surface area contributed by atoms with E-state index in [1.54, 1.807) is 0 Å². The fourth-order valence-corrected chi connectivity index (χ4v) is 2.97. The highest BCUT2D eigenvalue weighted by molar-refractivity contribution is 5.80. The molecular weight excluding hydrogens is 310 g/mol. The largest absolute Gasteiger partial charge is 0.491 e. The molecule has 2 rings (SSSR count). The summed E-state index contributed by atoms with van der Waals surface area (Å²) in [5.41, 5.74) is 1.07. The second-order valence-corrected chi connectivity index (χ2v) is 6.43. The Bertz CT molecular complexity index is 574. The molecule has 1 aromatic carbocycles. The molecule has 0 spiro atoms. The van der Waals surface area contributed by atoms with E-state index in [0.717, 1.165) is 12.0 Å². The molecule has 0 saturated heterocycles. The van der Waals surface area contributed by atoms with Gasteiger partial charge in [0.15, 0.2) is 0 Å². The summed E-state index contributed by atoms with van der Waals surface area (Å²) in [5.74, 6) is -1.07. The van der Waals surface area contributed by atoms with Crippen molar-refractivity contribution in [3.63, 3.8) is 0 Å². The number of hydrogen-bond acceptors (Lipinski definition) is 4. The number of benzene rings is 1. The fourth-order valence-electron chi connectivity index (χ4n) is 2.97. The number of hydrogen-bond donors (Lipinski definition) is 3. The molecule has 1 aromatic rings. The average Bonchev–Trinajstić information content (AvgIpc) is 2.58. The molecule has 1 aliphatic rings. The van der Waals surface area contributed by atoms with Crippen LogP contribution >= 0.6 is 0 Å². The van der Waals surface area contributed by atoms with Gasteiger partial charge in [-0.25, -0.2) is 0 Å². The van der Waals surface area contributed by atoms with Gasteiger partial charge in [-0.15, -0.1) is 0 Å². The lowest BCUT2D eigenvalue weighted by atomic mass is 9.81. The zero-order valence-electron chi connectivity index (χ0n) is 13.9. The van der Waals surface area contributed by atoms with Crippen molar-refractivity contribution in [1.29, 1.82) is 0 Å². The number of carbonyl (C=O) groups excluding carboxylic acids is 1. The Labute approximate surface area is 141 Å². The van der Waals surface area contributed by atoms with E-state index >= 15 is 0 Å². The maximum atomic E-state index is 12.1. The molecule has 0 bridgehead atoms. The maximum absolute atomic E-state index is 12.1. The van der Waals surface area contributed by atoms with E-state index in [1.165, 1.54) is 0 Å². The predicted molar refractivity (Wildman–Crippen MR) is 88.8 cm³/mol. The third-order valence-corrected chi connectivity index (χ3v) is 4.34. The van der Waals surface area contributed by atoms with Gasteiger partial charge in [0.25, 0.3) is 0 Å². The molecule has 1 aliphatic carbocycles. The first-order valence-electron chi connectivity index (χ1n) is 8.33. The van der Waals surface area contributed by atoms with Gasteiger partial charge in [0, 0.05) is 12.5 Å². The highest BCUT2D eigenvalue weighted by Crippen LogP contribution is 2.29. The molecule has 0 heterocycles. The summed E-state index contributed by atoms with van der Waals surface area (Å²) in [4.78, 5) is 23.2. The van der Waals surface area contributed by atoms with Crippen LogP contribution in [-0.4, -0.2) is 41.3 Å². The molecule has 1 amide bonds. The summed E-state index contributed by atoms with van der Waals surface area (Å²) in [6.45, 7) is 2.14. The minimum absolute atomic E-state index is 0.0894. The van der Waals surface area contributed by atoms with Crippen LogP contribution in [0.1, 0.15) is 31.2 Å². The summed E-state index contributed by atoms with van der Waals surface area (Å²) in [5, 5.41) is 21.7. The summed E-state index contributed by atoms with van der Waals surface area (Å²) in [6.07, 6.45) is 1.64. The number of nitrogens with one attached hydrogen (secondary N) is 1. The lowest BCUT2D eigenvalue weighted by Gasteiger charge is -2.26. The molecular formula is C18H25NO5. The molecule has 1 fully saturated rings. The highest BCUT2D eigenvalue weighted by atomic mass is 16.5. The molecule has 3 N–H and O–H groups in total. The lowest BCUT2D eigenvalue weighted by Crippen LogP contribution is -2.40. The zero-order chi connectivity index (χ0) is 17.5. The first-order valence-corrected chi connectivity index (χ1v) is 8.33. The number of aliphatic hydroxyl groups is 1. The van der Waals surface area contributed by atoms with Gasteiger partial charge >= 0.3 is 5.97 Å². The topological polar surface area (TPSA) is 95.9 Å². The molecule has 1 saturated carbocycles. The van der Waals surface area contributed by atoms with E-state index in [9.17, 15) is 14.7 Å². The average molecular weight is 335 g/mol. The SMILES string of the molecule is Cc1cccc(OCC(O)CNC(=O)C2CCCC(C(=O)O)C2)c1. The Morgan fingerprint density at radius 3 is 2.79 bits per heavy atom. The number of amides is 1. The second-order valence-electron chi connectivity index (χ2n) is 6.43. The van der Waals surface area contributed by atoms with Crippen LogP contribution in [0.15, 0.2) is 24.3 Å². The Kier molecular flexibility index (Phi) is 6.61. The van der Waals surface area contributed by atoms with Crippen molar-refractivity contribution in [3.8, 4) is 5.75 Å². The van der Waals surface area contributed by atoms with E-state index in [0.29, 0.717) is 25.0 Å². The van der Waals surface area contributed by atoms with Crippen molar-refractivity contribution < 1.29 is 24.5 Å². The Morgan fingerprint density at radius 2 is 2.08 bits per heavy atom. The summed E-state index contributed by atoms with van der Waals surface area (Å²) < 4.78 is 5.50. The third kappa shape index (κ3) is 5.53. The number of aryl methyl sites for hydroxylation is 1. The van der Waals surface area contributed by atoms with E-state index < -0.39 is 18.0 Å². The van der Waals surface area contributed by atoms with E-state index in [1.807, 2.05) is 31.2 Å². The number of aliphatic hydroxyl groups excluding tert-OH is 1. The minimum atomic E-state index is -0.834. The van der Waals surface area contributed by atoms with Crippen LogP contribution < -0.4 is 10.1 Å². The smallest absolute Gasteiger partial charge is 0.306 e. The highest BCUT2D eigenvalue weighted by Gasteiger charge is 2.31. The molecule has 3 atom stereocenters. The lowest BCUT2D eigenvalue weighted by molar-refractivity contribution is -0.144. The van der Waals surface area contributed by atoms with E-state index in [4.69, 9.17) is 9.84 Å². The van der Waals surface area contributed by atoms with Crippen molar-refractivity contribution in [2.24, 2.45) is 11.8 Å². The third-order valence-electron chi connectivity index (χ3n) is 4.34. The van der Waals surface area contributed by atoms with Crippen LogP contribution in [0.2, 0.25) is 0 Å². The van der Waals surface area contributed by atoms with Crippen LogP contribution in [0, 0.1) is 18.8 Å². The normalized spacial score (nSPS) is 21.8. The Morgan fingerprint density at radius 1 is 1.33 bits per heavy atom. The van der Waals surface area contributed by atoms with Gasteiger partial charge < -0.3 is 20.3 Å². The number of carboxylic acid groups (broad SMARTS) is 1. The van der Waals surface area contributed by atoms with Crippen LogP contribution in [0.5, 0.6) is 5.75 Å². The van der Waals surface area contributed by atoms with Crippen LogP contribution in [0.4, 0.5) is 0 Å².